The zero-order valence-electron chi connectivity index (χ0n) is 13.4. The number of rotatable bonds is 6. The highest BCUT2D eigenvalue weighted by Crippen LogP contribution is 2.23. The van der Waals surface area contributed by atoms with E-state index in [9.17, 15) is 8.78 Å². The van der Waals surface area contributed by atoms with E-state index in [1.54, 1.807) is 13.1 Å². The first-order valence-corrected chi connectivity index (χ1v) is 7.34. The van der Waals surface area contributed by atoms with E-state index >= 15 is 0 Å². The van der Waals surface area contributed by atoms with E-state index in [1.807, 2.05) is 13.8 Å². The maximum atomic E-state index is 14.0. The highest BCUT2D eigenvalue weighted by molar-refractivity contribution is 5.80. The van der Waals surface area contributed by atoms with Crippen LogP contribution in [0, 0.1) is 24.5 Å². The molecule has 1 aromatic carbocycles. The number of imidazole rings is 1. The molecular formula is C16H20F2N4O. The van der Waals surface area contributed by atoms with Crippen molar-refractivity contribution in [2.45, 2.75) is 27.2 Å². The monoisotopic (exact) mass is 322 g/mol. The Bertz CT molecular complexity index is 687. The lowest BCUT2D eigenvalue weighted by molar-refractivity contribution is 0.263. The summed E-state index contributed by atoms with van der Waals surface area (Å²) in [6, 6.07) is 2.33. The fourth-order valence-corrected chi connectivity index (χ4v) is 1.91. The van der Waals surface area contributed by atoms with Crippen LogP contribution < -0.4 is 10.5 Å². The molecular weight excluding hydrogens is 302 g/mol. The molecule has 2 aromatic rings. The Hall–Kier alpha value is -2.44. The molecule has 2 rings (SSSR count). The summed E-state index contributed by atoms with van der Waals surface area (Å²) < 4.78 is 34.5. The summed E-state index contributed by atoms with van der Waals surface area (Å²) >= 11 is 0. The van der Waals surface area contributed by atoms with E-state index in [2.05, 4.69) is 10.1 Å². The molecule has 0 bridgehead atoms. The SMILES string of the molecule is Cc1cn(N=Cc2cc(F)c(OCCC(C)C)c(F)c2)c(N)n1. The van der Waals surface area contributed by atoms with Gasteiger partial charge in [-0.3, -0.25) is 0 Å². The third-order valence-electron chi connectivity index (χ3n) is 3.13. The minimum Gasteiger partial charge on any atom is -0.488 e. The fourth-order valence-electron chi connectivity index (χ4n) is 1.91. The molecule has 0 unspecified atom stereocenters. The number of halogens is 2. The third kappa shape index (κ3) is 4.51. The van der Waals surface area contributed by atoms with Crippen LogP contribution in [0.1, 0.15) is 31.5 Å². The van der Waals surface area contributed by atoms with E-state index < -0.39 is 11.6 Å². The van der Waals surface area contributed by atoms with Gasteiger partial charge in [0.1, 0.15) is 0 Å². The lowest BCUT2D eigenvalue weighted by atomic mass is 10.1. The topological polar surface area (TPSA) is 65.4 Å². The predicted octanol–water partition coefficient (Wildman–Crippen LogP) is 3.36. The summed E-state index contributed by atoms with van der Waals surface area (Å²) in [4.78, 5) is 3.98. The smallest absolute Gasteiger partial charge is 0.221 e. The van der Waals surface area contributed by atoms with Crippen molar-refractivity contribution in [3.8, 4) is 5.75 Å². The molecule has 23 heavy (non-hydrogen) atoms. The summed E-state index contributed by atoms with van der Waals surface area (Å²) in [5.41, 5.74) is 6.60. The van der Waals surface area contributed by atoms with Crippen LogP contribution in [0.25, 0.3) is 0 Å². The maximum absolute atomic E-state index is 14.0. The second-order valence-electron chi connectivity index (χ2n) is 5.67. The Kier molecular flexibility index (Phi) is 5.31. The lowest BCUT2D eigenvalue weighted by Crippen LogP contribution is -2.05. The van der Waals surface area contributed by atoms with E-state index in [0.29, 0.717) is 11.6 Å². The summed E-state index contributed by atoms with van der Waals surface area (Å²) in [7, 11) is 0. The van der Waals surface area contributed by atoms with E-state index in [-0.39, 0.29) is 23.9 Å². The van der Waals surface area contributed by atoms with Crippen LogP contribution in [0.5, 0.6) is 5.75 Å². The largest absolute Gasteiger partial charge is 0.488 e. The van der Waals surface area contributed by atoms with Crippen molar-refractivity contribution in [3.63, 3.8) is 0 Å². The minimum absolute atomic E-state index is 0.202. The van der Waals surface area contributed by atoms with Crippen molar-refractivity contribution < 1.29 is 13.5 Å². The molecule has 0 fully saturated rings. The standard InChI is InChI=1S/C16H20F2N4O/c1-10(2)4-5-23-15-13(17)6-12(7-14(15)18)8-20-22-9-11(3)21-16(22)19/h6-10H,4-5H2,1-3H3,(H2,19,21). The number of hydrogen-bond donors (Lipinski definition) is 1. The Morgan fingerprint density at radius 1 is 1.35 bits per heavy atom. The van der Waals surface area contributed by atoms with E-state index in [0.717, 1.165) is 18.6 Å². The highest BCUT2D eigenvalue weighted by Gasteiger charge is 2.12. The molecule has 1 aromatic heterocycles. The molecule has 1 heterocycles. The average Bonchev–Trinajstić information content (AvgIpc) is 2.77. The van der Waals surface area contributed by atoms with Crippen molar-refractivity contribution in [2.75, 3.05) is 12.3 Å². The van der Waals surface area contributed by atoms with Crippen molar-refractivity contribution in [1.29, 1.82) is 0 Å². The van der Waals surface area contributed by atoms with Gasteiger partial charge in [-0.2, -0.15) is 5.10 Å². The fraction of sp³-hybridized carbons (Fsp3) is 0.375. The molecule has 124 valence electrons. The molecule has 0 saturated carbocycles. The Labute approximate surface area is 133 Å². The zero-order valence-corrected chi connectivity index (χ0v) is 13.4. The summed E-state index contributed by atoms with van der Waals surface area (Å²) in [6.07, 6.45) is 3.64. The van der Waals surface area contributed by atoms with Gasteiger partial charge < -0.3 is 10.5 Å². The number of nitrogens with zero attached hydrogens (tertiary/aromatic N) is 3. The summed E-state index contributed by atoms with van der Waals surface area (Å²) in [6.45, 7) is 6.06. The van der Waals surface area contributed by atoms with E-state index in [4.69, 9.17) is 10.5 Å². The average molecular weight is 322 g/mol. The van der Waals surface area contributed by atoms with Gasteiger partial charge in [-0.1, -0.05) is 13.8 Å². The number of aromatic nitrogens is 2. The number of nitrogen functional groups attached to an aromatic ring is 1. The number of aryl methyl sites for hydroxylation is 1. The highest BCUT2D eigenvalue weighted by atomic mass is 19.1. The quantitative estimate of drug-likeness (QED) is 0.829. The van der Waals surface area contributed by atoms with Crippen LogP contribution in [-0.2, 0) is 0 Å². The number of nitrogens with two attached hydrogens (primary N) is 1. The Morgan fingerprint density at radius 3 is 2.52 bits per heavy atom. The number of ether oxygens (including phenoxy) is 1. The van der Waals surface area contributed by atoms with Gasteiger partial charge in [-0.05, 0) is 31.4 Å². The van der Waals surface area contributed by atoms with Crippen LogP contribution in [0.3, 0.4) is 0 Å². The molecule has 0 aliphatic rings. The van der Waals surface area contributed by atoms with Gasteiger partial charge in [0.15, 0.2) is 17.4 Å². The molecule has 0 saturated heterocycles. The van der Waals surface area contributed by atoms with Crippen molar-refractivity contribution in [3.05, 3.63) is 41.2 Å². The van der Waals surface area contributed by atoms with E-state index in [1.165, 1.54) is 10.9 Å². The first-order chi connectivity index (χ1) is 10.9. The third-order valence-corrected chi connectivity index (χ3v) is 3.13. The molecule has 2 N–H and O–H groups in total. The first-order valence-electron chi connectivity index (χ1n) is 7.34. The summed E-state index contributed by atoms with van der Waals surface area (Å²) in [5.74, 6) is -1.28. The molecule has 0 atom stereocenters. The van der Waals surface area contributed by atoms with Gasteiger partial charge in [0.2, 0.25) is 5.95 Å². The number of anilines is 1. The Balaban J connectivity index is 2.14. The number of benzene rings is 1. The van der Waals surface area contributed by atoms with Crippen LogP contribution in [-0.4, -0.2) is 22.5 Å². The predicted molar refractivity (Wildman–Crippen MR) is 85.7 cm³/mol. The second-order valence-corrected chi connectivity index (χ2v) is 5.67. The molecule has 5 nitrogen and oxygen atoms in total. The van der Waals surface area contributed by atoms with Gasteiger partial charge in [-0.25, -0.2) is 18.4 Å². The second kappa shape index (κ2) is 7.21. The van der Waals surface area contributed by atoms with Crippen LogP contribution in [0.4, 0.5) is 14.7 Å². The minimum atomic E-state index is -0.759. The van der Waals surface area contributed by atoms with Crippen molar-refractivity contribution >= 4 is 12.2 Å². The van der Waals surface area contributed by atoms with Crippen LogP contribution >= 0.6 is 0 Å². The summed E-state index contributed by atoms with van der Waals surface area (Å²) in [5, 5.41) is 4.02. The van der Waals surface area contributed by atoms with Gasteiger partial charge in [0.05, 0.1) is 24.7 Å². The van der Waals surface area contributed by atoms with Gasteiger partial charge >= 0.3 is 0 Å². The van der Waals surface area contributed by atoms with Gasteiger partial charge in [0.25, 0.3) is 0 Å². The number of hydrogen-bond acceptors (Lipinski definition) is 4. The lowest BCUT2D eigenvalue weighted by Gasteiger charge is -2.10. The molecule has 0 spiro atoms. The molecule has 0 aliphatic carbocycles. The Morgan fingerprint density at radius 2 is 2.00 bits per heavy atom. The van der Waals surface area contributed by atoms with Crippen LogP contribution in [0.2, 0.25) is 0 Å². The first kappa shape index (κ1) is 16.9. The maximum Gasteiger partial charge on any atom is 0.221 e. The molecule has 7 heteroatoms. The normalized spacial score (nSPS) is 11.6. The van der Waals surface area contributed by atoms with Crippen molar-refractivity contribution in [1.82, 2.24) is 9.66 Å². The van der Waals surface area contributed by atoms with Crippen molar-refractivity contribution in [2.24, 2.45) is 11.0 Å². The molecule has 0 radical (unpaired) electrons. The zero-order chi connectivity index (χ0) is 17.0. The van der Waals surface area contributed by atoms with Gasteiger partial charge in [0, 0.05) is 5.56 Å². The molecule has 0 amide bonds. The van der Waals surface area contributed by atoms with Crippen LogP contribution in [0.15, 0.2) is 23.4 Å². The molecule has 0 aliphatic heterocycles. The van der Waals surface area contributed by atoms with Gasteiger partial charge in [-0.15, -0.1) is 0 Å².